The summed E-state index contributed by atoms with van der Waals surface area (Å²) in [5.74, 6) is 0. The van der Waals surface area contributed by atoms with E-state index >= 15 is 0 Å². The van der Waals surface area contributed by atoms with Crippen molar-refractivity contribution in [2.75, 3.05) is 26.7 Å². The molecule has 2 rings (SSSR count). The molecule has 1 saturated carbocycles. The highest BCUT2D eigenvalue weighted by Gasteiger charge is 2.33. The summed E-state index contributed by atoms with van der Waals surface area (Å²) in [5.41, 5.74) is 0. The first-order valence-corrected chi connectivity index (χ1v) is 7.37. The molecule has 1 N–H and O–H groups in total. The molecule has 0 aromatic carbocycles. The van der Waals surface area contributed by atoms with Crippen molar-refractivity contribution in [3.8, 4) is 0 Å². The molecule has 0 amide bonds. The van der Waals surface area contributed by atoms with E-state index in [4.69, 9.17) is 4.74 Å². The number of nitrogens with zero attached hydrogens (tertiary/aromatic N) is 1. The highest BCUT2D eigenvalue weighted by atomic mass is 16.5. The van der Waals surface area contributed by atoms with Gasteiger partial charge in [0.05, 0.1) is 12.2 Å². The predicted octanol–water partition coefficient (Wildman–Crippen LogP) is 2.02. The van der Waals surface area contributed by atoms with Crippen LogP contribution in [0.2, 0.25) is 0 Å². The van der Waals surface area contributed by atoms with E-state index in [1.165, 1.54) is 51.6 Å². The largest absolute Gasteiger partial charge is 0.372 e. The van der Waals surface area contributed by atoms with Crippen molar-refractivity contribution in [1.29, 1.82) is 0 Å². The maximum Gasteiger partial charge on any atom is 0.0707 e. The topological polar surface area (TPSA) is 24.5 Å². The van der Waals surface area contributed by atoms with Crippen LogP contribution in [-0.2, 0) is 4.74 Å². The van der Waals surface area contributed by atoms with Crippen LogP contribution in [0.3, 0.4) is 0 Å². The molecule has 2 unspecified atom stereocenters. The van der Waals surface area contributed by atoms with Crippen LogP contribution in [0, 0.1) is 0 Å². The van der Waals surface area contributed by atoms with Crippen molar-refractivity contribution in [3.63, 3.8) is 0 Å². The molecule has 1 saturated heterocycles. The molecule has 2 fully saturated rings. The van der Waals surface area contributed by atoms with Gasteiger partial charge < -0.3 is 10.1 Å². The number of rotatable bonds is 8. The fraction of sp³-hybridized carbons (Fsp3) is 1.00. The SMILES string of the molecule is CCCCN(CC1CCC(CNC)O1)C1CC1. The molecule has 1 aliphatic carbocycles. The average molecular weight is 240 g/mol. The van der Waals surface area contributed by atoms with Gasteiger partial charge in [-0.1, -0.05) is 13.3 Å². The maximum atomic E-state index is 6.09. The van der Waals surface area contributed by atoms with E-state index in [0.717, 1.165) is 12.6 Å². The molecule has 0 radical (unpaired) electrons. The van der Waals surface area contributed by atoms with Crippen LogP contribution in [-0.4, -0.2) is 49.8 Å². The lowest BCUT2D eigenvalue weighted by Gasteiger charge is -2.25. The van der Waals surface area contributed by atoms with Gasteiger partial charge in [-0.05, 0) is 45.7 Å². The predicted molar refractivity (Wildman–Crippen MR) is 71.3 cm³/mol. The quantitative estimate of drug-likeness (QED) is 0.702. The van der Waals surface area contributed by atoms with E-state index in [9.17, 15) is 0 Å². The molecule has 17 heavy (non-hydrogen) atoms. The van der Waals surface area contributed by atoms with Crippen molar-refractivity contribution in [3.05, 3.63) is 0 Å². The number of unbranched alkanes of at least 4 members (excludes halogenated alkanes) is 1. The zero-order valence-corrected chi connectivity index (χ0v) is 11.5. The Morgan fingerprint density at radius 1 is 1.18 bits per heavy atom. The van der Waals surface area contributed by atoms with Crippen molar-refractivity contribution >= 4 is 0 Å². The fourth-order valence-electron chi connectivity index (χ4n) is 2.78. The van der Waals surface area contributed by atoms with Gasteiger partial charge in [-0.3, -0.25) is 4.90 Å². The van der Waals surface area contributed by atoms with Crippen molar-refractivity contribution in [1.82, 2.24) is 10.2 Å². The zero-order chi connectivity index (χ0) is 12.1. The second kappa shape index (κ2) is 6.72. The third-order valence-corrected chi connectivity index (χ3v) is 3.93. The summed E-state index contributed by atoms with van der Waals surface area (Å²) in [6, 6.07) is 0.883. The highest BCUT2D eigenvalue weighted by molar-refractivity contribution is 4.87. The van der Waals surface area contributed by atoms with E-state index < -0.39 is 0 Å². The standard InChI is InChI=1S/C14H28N2O/c1-3-4-9-16(12-5-6-12)11-14-8-7-13(17-14)10-15-2/h12-15H,3-11H2,1-2H3. The van der Waals surface area contributed by atoms with E-state index in [-0.39, 0.29) is 0 Å². The average Bonchev–Trinajstić information content (AvgIpc) is 3.08. The van der Waals surface area contributed by atoms with E-state index in [1.54, 1.807) is 0 Å². The van der Waals surface area contributed by atoms with Crippen LogP contribution in [0.4, 0.5) is 0 Å². The third kappa shape index (κ3) is 4.23. The minimum Gasteiger partial charge on any atom is -0.372 e. The first-order valence-electron chi connectivity index (χ1n) is 7.37. The molecular weight excluding hydrogens is 212 g/mol. The third-order valence-electron chi connectivity index (χ3n) is 3.93. The van der Waals surface area contributed by atoms with Crippen LogP contribution in [0.15, 0.2) is 0 Å². The van der Waals surface area contributed by atoms with Gasteiger partial charge in [0.2, 0.25) is 0 Å². The van der Waals surface area contributed by atoms with Crippen LogP contribution in [0.5, 0.6) is 0 Å². The molecule has 2 aliphatic rings. The molecular formula is C14H28N2O. The molecule has 0 aromatic rings. The highest BCUT2D eigenvalue weighted by Crippen LogP contribution is 2.29. The molecule has 1 heterocycles. The van der Waals surface area contributed by atoms with Gasteiger partial charge >= 0.3 is 0 Å². The molecule has 3 heteroatoms. The summed E-state index contributed by atoms with van der Waals surface area (Å²) >= 11 is 0. The Bertz CT molecular complexity index is 218. The fourth-order valence-corrected chi connectivity index (χ4v) is 2.78. The number of likely N-dealkylation sites (N-methyl/N-ethyl adjacent to an activating group) is 1. The van der Waals surface area contributed by atoms with Gasteiger partial charge in [0.1, 0.15) is 0 Å². The lowest BCUT2D eigenvalue weighted by Crippen LogP contribution is -2.35. The Morgan fingerprint density at radius 2 is 1.94 bits per heavy atom. The molecule has 1 aliphatic heterocycles. The summed E-state index contributed by atoms with van der Waals surface area (Å²) in [6.45, 7) is 5.73. The monoisotopic (exact) mass is 240 g/mol. The zero-order valence-electron chi connectivity index (χ0n) is 11.5. The van der Waals surface area contributed by atoms with Gasteiger partial charge in [0.15, 0.2) is 0 Å². The Balaban J connectivity index is 1.70. The second-order valence-corrected chi connectivity index (χ2v) is 5.59. The summed E-state index contributed by atoms with van der Waals surface area (Å²) in [4.78, 5) is 2.68. The molecule has 2 atom stereocenters. The Morgan fingerprint density at radius 3 is 2.59 bits per heavy atom. The first kappa shape index (κ1) is 13.3. The molecule has 3 nitrogen and oxygen atoms in total. The summed E-state index contributed by atoms with van der Waals surface area (Å²) in [5, 5.41) is 3.21. The van der Waals surface area contributed by atoms with Gasteiger partial charge in [0, 0.05) is 19.1 Å². The van der Waals surface area contributed by atoms with Gasteiger partial charge in [-0.25, -0.2) is 0 Å². The van der Waals surface area contributed by atoms with Crippen molar-refractivity contribution in [2.24, 2.45) is 0 Å². The van der Waals surface area contributed by atoms with Crippen LogP contribution in [0.25, 0.3) is 0 Å². The molecule has 0 aromatic heterocycles. The number of hydrogen-bond acceptors (Lipinski definition) is 3. The van der Waals surface area contributed by atoms with Crippen LogP contribution >= 0.6 is 0 Å². The van der Waals surface area contributed by atoms with Gasteiger partial charge in [-0.15, -0.1) is 0 Å². The molecule has 0 spiro atoms. The normalized spacial score (nSPS) is 29.1. The van der Waals surface area contributed by atoms with E-state index in [1.807, 2.05) is 7.05 Å². The lowest BCUT2D eigenvalue weighted by atomic mass is 10.2. The van der Waals surface area contributed by atoms with Gasteiger partial charge in [0.25, 0.3) is 0 Å². The minimum absolute atomic E-state index is 0.456. The number of nitrogens with one attached hydrogen (secondary N) is 1. The minimum atomic E-state index is 0.456. The maximum absolute atomic E-state index is 6.09. The number of hydrogen-bond donors (Lipinski definition) is 1. The van der Waals surface area contributed by atoms with Crippen molar-refractivity contribution in [2.45, 2.75) is 63.7 Å². The summed E-state index contributed by atoms with van der Waals surface area (Å²) in [7, 11) is 2.01. The Hall–Kier alpha value is -0.120. The molecule has 100 valence electrons. The number of ether oxygens (including phenoxy) is 1. The van der Waals surface area contributed by atoms with E-state index in [2.05, 4.69) is 17.1 Å². The Labute approximate surface area is 106 Å². The van der Waals surface area contributed by atoms with Gasteiger partial charge in [-0.2, -0.15) is 0 Å². The lowest BCUT2D eigenvalue weighted by molar-refractivity contribution is 0.0222. The summed E-state index contributed by atoms with van der Waals surface area (Å²) in [6.07, 6.45) is 8.90. The van der Waals surface area contributed by atoms with Crippen LogP contribution < -0.4 is 5.32 Å². The molecule has 0 bridgehead atoms. The second-order valence-electron chi connectivity index (χ2n) is 5.59. The van der Waals surface area contributed by atoms with E-state index in [0.29, 0.717) is 12.2 Å². The Kier molecular flexibility index (Phi) is 5.26. The first-order chi connectivity index (χ1) is 8.33. The van der Waals surface area contributed by atoms with Crippen molar-refractivity contribution < 1.29 is 4.74 Å². The summed E-state index contributed by atoms with van der Waals surface area (Å²) < 4.78 is 6.09. The smallest absolute Gasteiger partial charge is 0.0707 e. The van der Waals surface area contributed by atoms with Crippen LogP contribution in [0.1, 0.15) is 45.4 Å².